The molecule has 0 aliphatic carbocycles. The van der Waals surface area contributed by atoms with Crippen molar-refractivity contribution < 1.29 is 0 Å². The minimum atomic E-state index is 0.735. The van der Waals surface area contributed by atoms with Crippen molar-refractivity contribution in [2.75, 3.05) is 26.2 Å². The van der Waals surface area contributed by atoms with Crippen LogP contribution in [-0.4, -0.2) is 48.6 Å². The first-order valence-corrected chi connectivity index (χ1v) is 8.54. The zero-order valence-corrected chi connectivity index (χ0v) is 14.7. The summed E-state index contributed by atoms with van der Waals surface area (Å²) < 4.78 is 0. The maximum absolute atomic E-state index is 5.88. The van der Waals surface area contributed by atoms with Crippen LogP contribution in [0.1, 0.15) is 11.1 Å². The van der Waals surface area contributed by atoms with Crippen molar-refractivity contribution in [3.8, 4) is 0 Å². The second kappa shape index (κ2) is 8.18. The molecule has 0 bridgehead atoms. The zero-order valence-electron chi connectivity index (χ0n) is 13.1. The van der Waals surface area contributed by atoms with E-state index in [1.54, 1.807) is 0 Å². The summed E-state index contributed by atoms with van der Waals surface area (Å²) in [5.41, 5.74) is 2.09. The summed E-state index contributed by atoms with van der Waals surface area (Å²) in [7, 11) is 0. The van der Waals surface area contributed by atoms with E-state index in [-0.39, 0.29) is 0 Å². The van der Waals surface area contributed by atoms with Crippen molar-refractivity contribution in [2.45, 2.75) is 0 Å². The summed E-state index contributed by atoms with van der Waals surface area (Å²) in [6.07, 6.45) is 3.73. The molecule has 124 valence electrons. The molecule has 6 heteroatoms. The minimum absolute atomic E-state index is 0.735. The molecule has 2 aromatic rings. The van der Waals surface area contributed by atoms with Crippen molar-refractivity contribution >= 4 is 35.6 Å². The SMILES string of the molecule is Clc1ccc(C=NN2CCN(N=Cc3ccc(Cl)cc3)CC2)cc1. The minimum Gasteiger partial charge on any atom is -0.293 e. The van der Waals surface area contributed by atoms with Crippen molar-refractivity contribution in [3.63, 3.8) is 0 Å². The number of halogens is 2. The Balaban J connectivity index is 1.48. The van der Waals surface area contributed by atoms with E-state index in [1.807, 2.05) is 61.0 Å². The lowest BCUT2D eigenvalue weighted by atomic mass is 10.2. The molecule has 1 saturated heterocycles. The maximum atomic E-state index is 5.88. The van der Waals surface area contributed by atoms with Gasteiger partial charge in [-0.25, -0.2) is 0 Å². The molecule has 2 aromatic carbocycles. The highest BCUT2D eigenvalue weighted by Gasteiger charge is 2.12. The first-order valence-electron chi connectivity index (χ1n) is 7.78. The molecule has 0 radical (unpaired) electrons. The Labute approximate surface area is 152 Å². The van der Waals surface area contributed by atoms with E-state index in [0.717, 1.165) is 47.4 Å². The van der Waals surface area contributed by atoms with Crippen LogP contribution in [0.2, 0.25) is 10.0 Å². The summed E-state index contributed by atoms with van der Waals surface area (Å²) in [5, 5.41) is 14.6. The Kier molecular flexibility index (Phi) is 5.72. The van der Waals surface area contributed by atoms with Crippen LogP contribution in [0.25, 0.3) is 0 Å². The van der Waals surface area contributed by atoms with Gasteiger partial charge in [0.05, 0.1) is 38.6 Å². The van der Waals surface area contributed by atoms with Crippen LogP contribution in [-0.2, 0) is 0 Å². The fraction of sp³-hybridized carbons (Fsp3) is 0.222. The maximum Gasteiger partial charge on any atom is 0.0553 e. The smallest absolute Gasteiger partial charge is 0.0553 e. The van der Waals surface area contributed by atoms with Gasteiger partial charge in [0.15, 0.2) is 0 Å². The average molecular weight is 361 g/mol. The van der Waals surface area contributed by atoms with Crippen molar-refractivity contribution in [3.05, 3.63) is 69.7 Å². The highest BCUT2D eigenvalue weighted by molar-refractivity contribution is 6.30. The van der Waals surface area contributed by atoms with E-state index in [4.69, 9.17) is 23.2 Å². The van der Waals surface area contributed by atoms with Crippen molar-refractivity contribution in [1.29, 1.82) is 0 Å². The van der Waals surface area contributed by atoms with Crippen molar-refractivity contribution in [2.24, 2.45) is 10.2 Å². The third kappa shape index (κ3) is 4.98. The molecule has 24 heavy (non-hydrogen) atoms. The molecular weight excluding hydrogens is 343 g/mol. The lowest BCUT2D eigenvalue weighted by Crippen LogP contribution is -2.41. The van der Waals surface area contributed by atoms with Crippen LogP contribution >= 0.6 is 23.2 Å². The lowest BCUT2D eigenvalue weighted by molar-refractivity contribution is 0.141. The van der Waals surface area contributed by atoms with Crippen LogP contribution in [0.15, 0.2) is 58.7 Å². The first kappa shape index (κ1) is 16.8. The number of benzene rings is 2. The monoisotopic (exact) mass is 360 g/mol. The Hall–Kier alpha value is -2.04. The fourth-order valence-electron chi connectivity index (χ4n) is 2.31. The van der Waals surface area contributed by atoms with Crippen LogP contribution < -0.4 is 0 Å². The highest BCUT2D eigenvalue weighted by Crippen LogP contribution is 2.10. The van der Waals surface area contributed by atoms with E-state index in [9.17, 15) is 0 Å². The van der Waals surface area contributed by atoms with Gasteiger partial charge in [-0.2, -0.15) is 10.2 Å². The normalized spacial score (nSPS) is 15.6. The Morgan fingerprint density at radius 3 is 1.29 bits per heavy atom. The highest BCUT2D eigenvalue weighted by atomic mass is 35.5. The Morgan fingerprint density at radius 1 is 0.625 bits per heavy atom. The van der Waals surface area contributed by atoms with Crippen LogP contribution in [0, 0.1) is 0 Å². The van der Waals surface area contributed by atoms with E-state index in [1.165, 1.54) is 0 Å². The van der Waals surface area contributed by atoms with Crippen LogP contribution in [0.4, 0.5) is 0 Å². The van der Waals surface area contributed by atoms with Crippen LogP contribution in [0.3, 0.4) is 0 Å². The third-order valence-electron chi connectivity index (χ3n) is 3.71. The quantitative estimate of drug-likeness (QED) is 0.772. The number of hydrazone groups is 2. The predicted octanol–water partition coefficient (Wildman–Crippen LogP) is 3.98. The first-order chi connectivity index (χ1) is 11.7. The molecule has 0 spiro atoms. The van der Waals surface area contributed by atoms with E-state index in [2.05, 4.69) is 20.2 Å². The summed E-state index contributed by atoms with van der Waals surface area (Å²) in [6.45, 7) is 3.40. The fourth-order valence-corrected chi connectivity index (χ4v) is 2.56. The molecule has 1 aliphatic heterocycles. The topological polar surface area (TPSA) is 31.2 Å². The molecule has 0 atom stereocenters. The molecule has 0 unspecified atom stereocenters. The number of rotatable bonds is 4. The zero-order chi connectivity index (χ0) is 16.8. The van der Waals surface area contributed by atoms with E-state index >= 15 is 0 Å². The van der Waals surface area contributed by atoms with Gasteiger partial charge in [-0.1, -0.05) is 47.5 Å². The van der Waals surface area contributed by atoms with Gasteiger partial charge in [0, 0.05) is 10.0 Å². The number of hydrogen-bond donors (Lipinski definition) is 0. The van der Waals surface area contributed by atoms with Gasteiger partial charge < -0.3 is 0 Å². The van der Waals surface area contributed by atoms with Crippen LogP contribution in [0.5, 0.6) is 0 Å². The summed E-state index contributed by atoms with van der Waals surface area (Å²) in [5.74, 6) is 0. The number of nitrogens with zero attached hydrogens (tertiary/aromatic N) is 4. The van der Waals surface area contributed by atoms with Crippen molar-refractivity contribution in [1.82, 2.24) is 10.0 Å². The Bertz CT molecular complexity index is 639. The van der Waals surface area contributed by atoms with Gasteiger partial charge in [0.1, 0.15) is 0 Å². The molecular formula is C18H18Cl2N4. The van der Waals surface area contributed by atoms with E-state index in [0.29, 0.717) is 0 Å². The summed E-state index contributed by atoms with van der Waals surface area (Å²) >= 11 is 11.8. The average Bonchev–Trinajstić information content (AvgIpc) is 2.62. The number of hydrogen-bond acceptors (Lipinski definition) is 4. The second-order valence-corrected chi connectivity index (χ2v) is 6.37. The third-order valence-corrected chi connectivity index (χ3v) is 4.22. The van der Waals surface area contributed by atoms with Gasteiger partial charge in [-0.15, -0.1) is 0 Å². The molecule has 1 heterocycles. The largest absolute Gasteiger partial charge is 0.293 e. The van der Waals surface area contributed by atoms with Gasteiger partial charge in [0.2, 0.25) is 0 Å². The Morgan fingerprint density at radius 2 is 0.958 bits per heavy atom. The lowest BCUT2D eigenvalue weighted by Gasteiger charge is -2.31. The molecule has 0 N–H and O–H groups in total. The van der Waals surface area contributed by atoms with Gasteiger partial charge in [-0.05, 0) is 35.4 Å². The molecule has 0 saturated carbocycles. The van der Waals surface area contributed by atoms with Gasteiger partial charge >= 0.3 is 0 Å². The van der Waals surface area contributed by atoms with Gasteiger partial charge in [-0.3, -0.25) is 10.0 Å². The summed E-state index contributed by atoms with van der Waals surface area (Å²) in [4.78, 5) is 0. The summed E-state index contributed by atoms with van der Waals surface area (Å²) in [6, 6.07) is 15.3. The number of piperazine rings is 1. The molecule has 4 nitrogen and oxygen atoms in total. The molecule has 0 aromatic heterocycles. The molecule has 1 aliphatic rings. The van der Waals surface area contributed by atoms with Gasteiger partial charge in [0.25, 0.3) is 0 Å². The van der Waals surface area contributed by atoms with E-state index < -0.39 is 0 Å². The standard InChI is InChI=1S/C18H18Cl2N4/c19-17-5-1-15(2-6-17)13-21-23-9-11-24(12-10-23)22-14-16-3-7-18(20)8-4-16/h1-8,13-14H,9-12H2. The second-order valence-electron chi connectivity index (χ2n) is 5.50. The molecule has 3 rings (SSSR count). The molecule has 1 fully saturated rings. The molecule has 0 amide bonds. The predicted molar refractivity (Wildman–Crippen MR) is 101 cm³/mol.